The molecule has 0 unspecified atom stereocenters. The van der Waals surface area contributed by atoms with Gasteiger partial charge in [0, 0.05) is 18.7 Å². The SMILES string of the molecule is C/C(=C/c1ccc(C)cc1)C(=O)N1CC[C@@H](O)C1. The van der Waals surface area contributed by atoms with Crippen molar-refractivity contribution < 1.29 is 9.90 Å². The van der Waals surface area contributed by atoms with Crippen molar-refractivity contribution in [3.8, 4) is 0 Å². The first-order valence-electron chi connectivity index (χ1n) is 6.28. The lowest BCUT2D eigenvalue weighted by Gasteiger charge is -2.15. The number of carbonyl (C=O) groups is 1. The second kappa shape index (κ2) is 5.36. The number of likely N-dealkylation sites (tertiary alicyclic amines) is 1. The van der Waals surface area contributed by atoms with Crippen molar-refractivity contribution in [2.24, 2.45) is 0 Å². The highest BCUT2D eigenvalue weighted by Crippen LogP contribution is 2.15. The third-order valence-corrected chi connectivity index (χ3v) is 3.25. The van der Waals surface area contributed by atoms with Crippen molar-refractivity contribution in [1.82, 2.24) is 4.90 Å². The van der Waals surface area contributed by atoms with Crippen LogP contribution in [-0.4, -0.2) is 35.1 Å². The number of amides is 1. The van der Waals surface area contributed by atoms with Crippen LogP contribution in [0.15, 0.2) is 29.8 Å². The topological polar surface area (TPSA) is 40.5 Å². The van der Waals surface area contributed by atoms with Crippen LogP contribution in [0.25, 0.3) is 6.08 Å². The lowest BCUT2D eigenvalue weighted by atomic mass is 10.1. The summed E-state index contributed by atoms with van der Waals surface area (Å²) in [5.74, 6) is 0.0205. The summed E-state index contributed by atoms with van der Waals surface area (Å²) in [6.45, 7) is 4.97. The quantitative estimate of drug-likeness (QED) is 0.809. The molecule has 1 aromatic carbocycles. The van der Waals surface area contributed by atoms with Crippen molar-refractivity contribution >= 4 is 12.0 Å². The molecule has 0 aromatic heterocycles. The average Bonchev–Trinajstić information content (AvgIpc) is 2.78. The van der Waals surface area contributed by atoms with Gasteiger partial charge in [0.25, 0.3) is 0 Å². The summed E-state index contributed by atoms with van der Waals surface area (Å²) in [6, 6.07) is 8.07. The van der Waals surface area contributed by atoms with E-state index >= 15 is 0 Å². The van der Waals surface area contributed by atoms with Crippen LogP contribution in [0.5, 0.6) is 0 Å². The Morgan fingerprint density at radius 2 is 2.06 bits per heavy atom. The van der Waals surface area contributed by atoms with Gasteiger partial charge < -0.3 is 10.0 Å². The molecule has 3 heteroatoms. The fourth-order valence-electron chi connectivity index (χ4n) is 2.15. The standard InChI is InChI=1S/C15H19NO2/c1-11-3-5-13(6-4-11)9-12(2)15(18)16-8-7-14(17)10-16/h3-6,9,14,17H,7-8,10H2,1-2H3/b12-9-/t14-/m1/s1. The molecule has 1 aromatic rings. The maximum Gasteiger partial charge on any atom is 0.249 e. The normalized spacial score (nSPS) is 20.3. The maximum absolute atomic E-state index is 12.1. The number of aryl methyl sites for hydroxylation is 1. The van der Waals surface area contributed by atoms with E-state index in [1.165, 1.54) is 5.56 Å². The van der Waals surface area contributed by atoms with E-state index < -0.39 is 0 Å². The van der Waals surface area contributed by atoms with Gasteiger partial charge in [0.1, 0.15) is 0 Å². The van der Waals surface area contributed by atoms with E-state index in [1.807, 2.05) is 44.2 Å². The van der Waals surface area contributed by atoms with Crippen LogP contribution in [0, 0.1) is 6.92 Å². The molecule has 3 nitrogen and oxygen atoms in total. The Hall–Kier alpha value is -1.61. The average molecular weight is 245 g/mol. The van der Waals surface area contributed by atoms with E-state index in [1.54, 1.807) is 4.90 Å². The summed E-state index contributed by atoms with van der Waals surface area (Å²) in [5.41, 5.74) is 2.96. The number of β-amino-alcohol motifs (C(OH)–C–C–N with tert-alkyl or cyclic N) is 1. The Balaban J connectivity index is 2.08. The van der Waals surface area contributed by atoms with Gasteiger partial charge in [0.15, 0.2) is 0 Å². The number of hydrogen-bond donors (Lipinski definition) is 1. The largest absolute Gasteiger partial charge is 0.391 e. The molecular formula is C15H19NO2. The number of aliphatic hydroxyl groups is 1. The van der Waals surface area contributed by atoms with E-state index in [9.17, 15) is 9.90 Å². The minimum Gasteiger partial charge on any atom is -0.391 e. The van der Waals surface area contributed by atoms with Crippen molar-refractivity contribution in [3.05, 3.63) is 41.0 Å². The second-order valence-electron chi connectivity index (χ2n) is 4.93. The Labute approximate surface area is 108 Å². The van der Waals surface area contributed by atoms with Crippen molar-refractivity contribution in [2.45, 2.75) is 26.4 Å². The number of carbonyl (C=O) groups excluding carboxylic acids is 1. The first-order chi connectivity index (χ1) is 8.56. The van der Waals surface area contributed by atoms with Crippen molar-refractivity contribution in [2.75, 3.05) is 13.1 Å². The monoisotopic (exact) mass is 245 g/mol. The Morgan fingerprint density at radius 3 is 2.61 bits per heavy atom. The molecule has 1 aliphatic heterocycles. The highest BCUT2D eigenvalue weighted by Gasteiger charge is 2.24. The van der Waals surface area contributed by atoms with E-state index in [2.05, 4.69) is 0 Å². The fourth-order valence-corrected chi connectivity index (χ4v) is 2.15. The van der Waals surface area contributed by atoms with Gasteiger partial charge in [0.2, 0.25) is 5.91 Å². The van der Waals surface area contributed by atoms with Gasteiger partial charge >= 0.3 is 0 Å². The lowest BCUT2D eigenvalue weighted by molar-refractivity contribution is -0.126. The smallest absolute Gasteiger partial charge is 0.249 e. The number of nitrogens with zero attached hydrogens (tertiary/aromatic N) is 1. The predicted molar refractivity (Wildman–Crippen MR) is 72.0 cm³/mol. The summed E-state index contributed by atoms with van der Waals surface area (Å²) in [6.07, 6.45) is 2.22. The third kappa shape index (κ3) is 2.99. The Morgan fingerprint density at radius 1 is 1.39 bits per heavy atom. The van der Waals surface area contributed by atoms with Gasteiger partial charge in [0.05, 0.1) is 6.10 Å². The van der Waals surface area contributed by atoms with Crippen molar-refractivity contribution in [1.29, 1.82) is 0 Å². The molecule has 1 atom stereocenters. The third-order valence-electron chi connectivity index (χ3n) is 3.25. The minimum atomic E-state index is -0.360. The molecule has 0 radical (unpaired) electrons. The molecule has 0 aliphatic carbocycles. The maximum atomic E-state index is 12.1. The predicted octanol–water partition coefficient (Wildman–Crippen LogP) is 1.99. The zero-order valence-corrected chi connectivity index (χ0v) is 10.9. The van der Waals surface area contributed by atoms with Crippen LogP contribution in [-0.2, 0) is 4.79 Å². The first-order valence-corrected chi connectivity index (χ1v) is 6.28. The van der Waals surface area contributed by atoms with Gasteiger partial charge in [-0.2, -0.15) is 0 Å². The molecule has 96 valence electrons. The number of aliphatic hydroxyl groups excluding tert-OH is 1. The summed E-state index contributed by atoms with van der Waals surface area (Å²) < 4.78 is 0. The number of rotatable bonds is 2. The van der Waals surface area contributed by atoms with E-state index in [0.29, 0.717) is 25.1 Å². The highest BCUT2D eigenvalue weighted by atomic mass is 16.3. The molecule has 18 heavy (non-hydrogen) atoms. The first kappa shape index (κ1) is 12.8. The van der Waals surface area contributed by atoms with Crippen molar-refractivity contribution in [3.63, 3.8) is 0 Å². The highest BCUT2D eigenvalue weighted by molar-refractivity contribution is 5.97. The number of benzene rings is 1. The zero-order chi connectivity index (χ0) is 13.1. The van der Waals surface area contributed by atoms with Crippen LogP contribution < -0.4 is 0 Å². The van der Waals surface area contributed by atoms with Crippen LogP contribution in [0.3, 0.4) is 0 Å². The molecule has 1 aliphatic rings. The Kier molecular flexibility index (Phi) is 3.82. The van der Waals surface area contributed by atoms with Gasteiger partial charge in [-0.1, -0.05) is 29.8 Å². The summed E-state index contributed by atoms with van der Waals surface area (Å²) in [5, 5.41) is 9.44. The summed E-state index contributed by atoms with van der Waals surface area (Å²) in [7, 11) is 0. The molecule has 1 saturated heterocycles. The van der Waals surface area contributed by atoms with Gasteiger partial charge in [-0.25, -0.2) is 0 Å². The van der Waals surface area contributed by atoms with Crippen LogP contribution >= 0.6 is 0 Å². The van der Waals surface area contributed by atoms with Gasteiger partial charge in [-0.15, -0.1) is 0 Å². The minimum absolute atomic E-state index is 0.0205. The molecule has 0 saturated carbocycles. The molecule has 0 spiro atoms. The summed E-state index contributed by atoms with van der Waals surface area (Å²) >= 11 is 0. The molecule has 2 rings (SSSR count). The van der Waals surface area contributed by atoms with E-state index in [-0.39, 0.29) is 12.0 Å². The van der Waals surface area contributed by atoms with E-state index in [4.69, 9.17) is 0 Å². The summed E-state index contributed by atoms with van der Waals surface area (Å²) in [4.78, 5) is 13.8. The molecule has 1 fully saturated rings. The Bertz CT molecular complexity index is 462. The molecule has 1 amide bonds. The number of hydrogen-bond acceptors (Lipinski definition) is 2. The molecule has 1 N–H and O–H groups in total. The van der Waals surface area contributed by atoms with Gasteiger partial charge in [-0.05, 0) is 31.9 Å². The molecule has 1 heterocycles. The van der Waals surface area contributed by atoms with Crippen LogP contribution in [0.2, 0.25) is 0 Å². The van der Waals surface area contributed by atoms with Crippen LogP contribution in [0.1, 0.15) is 24.5 Å². The van der Waals surface area contributed by atoms with E-state index in [0.717, 1.165) is 5.56 Å². The molecule has 0 bridgehead atoms. The van der Waals surface area contributed by atoms with Crippen LogP contribution in [0.4, 0.5) is 0 Å². The lowest BCUT2D eigenvalue weighted by Crippen LogP contribution is -2.30. The second-order valence-corrected chi connectivity index (χ2v) is 4.93. The fraction of sp³-hybridized carbons (Fsp3) is 0.400. The zero-order valence-electron chi connectivity index (χ0n) is 10.9. The van der Waals surface area contributed by atoms with Gasteiger partial charge in [-0.3, -0.25) is 4.79 Å². The molecular weight excluding hydrogens is 226 g/mol.